The molecule has 0 aliphatic carbocycles. The van der Waals surface area contributed by atoms with Crippen molar-refractivity contribution in [1.29, 1.82) is 0 Å². The molecule has 2 rings (SSSR count). The van der Waals surface area contributed by atoms with E-state index in [1.54, 1.807) is 11.3 Å². The average Bonchev–Trinajstić information content (AvgIpc) is 2.92. The zero-order valence-corrected chi connectivity index (χ0v) is 14.2. The Balaban J connectivity index is 2.00. The van der Waals surface area contributed by atoms with Crippen molar-refractivity contribution in [3.8, 4) is 10.4 Å². The summed E-state index contributed by atoms with van der Waals surface area (Å²) in [5.41, 5.74) is 1.18. The standard InChI is InChI=1S/C16H18BrNO2S/c1-2-3-14(16(19)20)18-10-13-8-9-15(21-13)11-4-6-12(17)7-5-11/h4-9,14,18H,2-3,10H2,1H3,(H,19,20). The van der Waals surface area contributed by atoms with Crippen LogP contribution in [0.1, 0.15) is 24.6 Å². The van der Waals surface area contributed by atoms with Crippen LogP contribution in [0, 0.1) is 0 Å². The molecule has 0 spiro atoms. The molecule has 0 amide bonds. The predicted molar refractivity (Wildman–Crippen MR) is 90.6 cm³/mol. The maximum absolute atomic E-state index is 11.1. The molecule has 112 valence electrons. The van der Waals surface area contributed by atoms with E-state index in [1.807, 2.05) is 19.1 Å². The van der Waals surface area contributed by atoms with Crippen LogP contribution in [0.3, 0.4) is 0 Å². The molecule has 5 heteroatoms. The third-order valence-corrected chi connectivity index (χ3v) is 4.85. The Morgan fingerprint density at radius 2 is 2.00 bits per heavy atom. The van der Waals surface area contributed by atoms with Crippen molar-refractivity contribution in [2.24, 2.45) is 0 Å². The highest BCUT2D eigenvalue weighted by atomic mass is 79.9. The van der Waals surface area contributed by atoms with E-state index in [4.69, 9.17) is 5.11 Å². The van der Waals surface area contributed by atoms with E-state index in [1.165, 1.54) is 10.4 Å². The molecule has 21 heavy (non-hydrogen) atoms. The van der Waals surface area contributed by atoms with Gasteiger partial charge in [-0.1, -0.05) is 41.4 Å². The molecule has 0 fully saturated rings. The monoisotopic (exact) mass is 367 g/mol. The van der Waals surface area contributed by atoms with E-state index in [-0.39, 0.29) is 0 Å². The molecule has 0 aliphatic heterocycles. The van der Waals surface area contributed by atoms with Crippen LogP contribution in [0.15, 0.2) is 40.9 Å². The first-order valence-electron chi connectivity index (χ1n) is 6.91. The highest BCUT2D eigenvalue weighted by Crippen LogP contribution is 2.29. The third-order valence-electron chi connectivity index (χ3n) is 3.19. The second-order valence-corrected chi connectivity index (χ2v) is 6.92. The summed E-state index contributed by atoms with van der Waals surface area (Å²) >= 11 is 5.12. The van der Waals surface area contributed by atoms with E-state index >= 15 is 0 Å². The van der Waals surface area contributed by atoms with Crippen LogP contribution in [-0.2, 0) is 11.3 Å². The molecule has 0 aliphatic rings. The number of rotatable bonds is 7. The van der Waals surface area contributed by atoms with Gasteiger partial charge in [0, 0.05) is 20.8 Å². The predicted octanol–water partition coefficient (Wildman–Crippen LogP) is 4.52. The summed E-state index contributed by atoms with van der Waals surface area (Å²) in [6.07, 6.45) is 1.51. The van der Waals surface area contributed by atoms with Crippen molar-refractivity contribution in [3.63, 3.8) is 0 Å². The Labute approximate surface area is 137 Å². The number of hydrogen-bond donors (Lipinski definition) is 2. The van der Waals surface area contributed by atoms with E-state index in [2.05, 4.69) is 45.5 Å². The van der Waals surface area contributed by atoms with Crippen LogP contribution in [0.25, 0.3) is 10.4 Å². The molecule has 1 unspecified atom stereocenters. The third kappa shape index (κ3) is 4.66. The summed E-state index contributed by atoms with van der Waals surface area (Å²) in [4.78, 5) is 13.5. The van der Waals surface area contributed by atoms with Gasteiger partial charge in [0.1, 0.15) is 6.04 Å². The highest BCUT2D eigenvalue weighted by molar-refractivity contribution is 9.10. The van der Waals surface area contributed by atoms with Crippen molar-refractivity contribution < 1.29 is 9.90 Å². The fourth-order valence-corrected chi connectivity index (χ4v) is 3.30. The molecule has 0 radical (unpaired) electrons. The summed E-state index contributed by atoms with van der Waals surface area (Å²) < 4.78 is 1.06. The van der Waals surface area contributed by atoms with Gasteiger partial charge in [0.15, 0.2) is 0 Å². The molecule has 1 heterocycles. The normalized spacial score (nSPS) is 12.3. The van der Waals surface area contributed by atoms with Gasteiger partial charge in [-0.25, -0.2) is 0 Å². The SMILES string of the molecule is CCCC(NCc1ccc(-c2ccc(Br)cc2)s1)C(=O)O. The molecule has 1 atom stereocenters. The second kappa shape index (κ2) is 7.73. The number of hydrogen-bond acceptors (Lipinski definition) is 3. The fourth-order valence-electron chi connectivity index (χ4n) is 2.07. The first-order chi connectivity index (χ1) is 10.1. The maximum atomic E-state index is 11.1. The summed E-state index contributed by atoms with van der Waals surface area (Å²) in [6, 6.07) is 11.9. The lowest BCUT2D eigenvalue weighted by Gasteiger charge is -2.12. The van der Waals surface area contributed by atoms with Crippen LogP contribution in [0.5, 0.6) is 0 Å². The number of nitrogens with one attached hydrogen (secondary N) is 1. The van der Waals surface area contributed by atoms with Gasteiger partial charge in [-0.2, -0.15) is 0 Å². The Kier molecular flexibility index (Phi) is 5.96. The van der Waals surface area contributed by atoms with Crippen molar-refractivity contribution >= 4 is 33.2 Å². The van der Waals surface area contributed by atoms with Gasteiger partial charge >= 0.3 is 5.97 Å². The van der Waals surface area contributed by atoms with E-state index in [9.17, 15) is 4.79 Å². The van der Waals surface area contributed by atoms with Crippen LogP contribution < -0.4 is 5.32 Å². The van der Waals surface area contributed by atoms with Gasteiger partial charge < -0.3 is 5.11 Å². The van der Waals surface area contributed by atoms with Crippen LogP contribution in [-0.4, -0.2) is 17.1 Å². The molecule has 0 saturated carbocycles. The number of carboxylic acid groups (broad SMARTS) is 1. The highest BCUT2D eigenvalue weighted by Gasteiger charge is 2.15. The van der Waals surface area contributed by atoms with Gasteiger partial charge in [-0.3, -0.25) is 10.1 Å². The summed E-state index contributed by atoms with van der Waals surface area (Å²) in [5, 5.41) is 12.2. The molecule has 1 aromatic heterocycles. The summed E-state index contributed by atoms with van der Waals surface area (Å²) in [7, 11) is 0. The molecule has 0 bridgehead atoms. The van der Waals surface area contributed by atoms with E-state index in [0.29, 0.717) is 13.0 Å². The lowest BCUT2D eigenvalue weighted by atomic mass is 10.1. The number of aliphatic carboxylic acids is 1. The summed E-state index contributed by atoms with van der Waals surface area (Å²) in [6.45, 7) is 2.59. The first kappa shape index (κ1) is 16.2. The number of carbonyl (C=O) groups is 1. The van der Waals surface area contributed by atoms with E-state index in [0.717, 1.165) is 15.8 Å². The molecular weight excluding hydrogens is 350 g/mol. The van der Waals surface area contributed by atoms with Crippen molar-refractivity contribution in [3.05, 3.63) is 45.7 Å². The van der Waals surface area contributed by atoms with Gasteiger partial charge in [0.2, 0.25) is 0 Å². The Bertz CT molecular complexity index is 595. The van der Waals surface area contributed by atoms with Gasteiger partial charge in [-0.05, 0) is 36.2 Å². The quantitative estimate of drug-likeness (QED) is 0.756. The summed E-state index contributed by atoms with van der Waals surface area (Å²) in [5.74, 6) is -0.776. The minimum atomic E-state index is -0.776. The van der Waals surface area contributed by atoms with Crippen LogP contribution in [0.2, 0.25) is 0 Å². The van der Waals surface area contributed by atoms with Gasteiger partial charge in [-0.15, -0.1) is 11.3 Å². The number of thiophene rings is 1. The molecule has 2 aromatic rings. The largest absolute Gasteiger partial charge is 0.480 e. The smallest absolute Gasteiger partial charge is 0.320 e. The first-order valence-corrected chi connectivity index (χ1v) is 8.52. The Hall–Kier alpha value is -1.17. The fraction of sp³-hybridized carbons (Fsp3) is 0.312. The second-order valence-electron chi connectivity index (χ2n) is 4.83. The molecule has 1 aromatic carbocycles. The van der Waals surface area contributed by atoms with Crippen molar-refractivity contribution in [1.82, 2.24) is 5.32 Å². The minimum absolute atomic E-state index is 0.465. The number of benzene rings is 1. The van der Waals surface area contributed by atoms with Crippen LogP contribution >= 0.6 is 27.3 Å². The average molecular weight is 368 g/mol. The van der Waals surface area contributed by atoms with Crippen molar-refractivity contribution in [2.45, 2.75) is 32.4 Å². The molecule has 2 N–H and O–H groups in total. The lowest BCUT2D eigenvalue weighted by Crippen LogP contribution is -2.35. The van der Waals surface area contributed by atoms with Crippen LogP contribution in [0.4, 0.5) is 0 Å². The molecule has 3 nitrogen and oxygen atoms in total. The Morgan fingerprint density at radius 1 is 1.29 bits per heavy atom. The zero-order chi connectivity index (χ0) is 15.2. The zero-order valence-electron chi connectivity index (χ0n) is 11.8. The molecular formula is C16H18BrNO2S. The minimum Gasteiger partial charge on any atom is -0.480 e. The number of halogens is 1. The van der Waals surface area contributed by atoms with Gasteiger partial charge in [0.25, 0.3) is 0 Å². The molecule has 0 saturated heterocycles. The topological polar surface area (TPSA) is 49.3 Å². The lowest BCUT2D eigenvalue weighted by molar-refractivity contribution is -0.139. The number of carboxylic acids is 1. The Morgan fingerprint density at radius 3 is 2.62 bits per heavy atom. The maximum Gasteiger partial charge on any atom is 0.320 e. The van der Waals surface area contributed by atoms with Crippen molar-refractivity contribution in [2.75, 3.05) is 0 Å². The van der Waals surface area contributed by atoms with Gasteiger partial charge in [0.05, 0.1) is 0 Å². The van der Waals surface area contributed by atoms with E-state index < -0.39 is 12.0 Å².